The Morgan fingerprint density at radius 2 is 1.73 bits per heavy atom. The minimum Gasteiger partial charge on any atom is -0.369 e. The van der Waals surface area contributed by atoms with Crippen LogP contribution in [-0.4, -0.2) is 69.1 Å². The molecule has 63 heavy (non-hydrogen) atoms. The molecule has 3 atom stereocenters. The van der Waals surface area contributed by atoms with Crippen molar-refractivity contribution < 1.29 is 48.7 Å². The summed E-state index contributed by atoms with van der Waals surface area (Å²) in [6.07, 6.45) is -3.74. The number of para-hydroxylation sites is 1. The van der Waals surface area contributed by atoms with Gasteiger partial charge in [-0.15, -0.1) is 0 Å². The monoisotopic (exact) mass is 918 g/mol. The number of carbonyl (C=O) groups is 2. The van der Waals surface area contributed by atoms with Gasteiger partial charge in [0.05, 0.1) is 28.2 Å². The quantitative estimate of drug-likeness (QED) is 0.122. The minimum absolute atomic E-state index is 0.0000751. The summed E-state index contributed by atoms with van der Waals surface area (Å²) in [6, 6.07) is 7.97. The highest BCUT2D eigenvalue weighted by atomic mass is 32.2. The molecule has 2 fully saturated rings. The van der Waals surface area contributed by atoms with Crippen molar-refractivity contribution in [3.05, 3.63) is 82.3 Å². The summed E-state index contributed by atoms with van der Waals surface area (Å²) in [6.45, 7) is 1.58. The molecule has 1 aliphatic heterocycles. The van der Waals surface area contributed by atoms with Crippen molar-refractivity contribution in [2.75, 3.05) is 29.0 Å². The number of hydrogen-bond donors (Lipinski definition) is 3. The predicted molar refractivity (Wildman–Crippen MR) is 217 cm³/mol. The van der Waals surface area contributed by atoms with Gasteiger partial charge in [-0.2, -0.15) is 37.1 Å². The maximum atomic E-state index is 15.5. The molecule has 2 unspecified atom stereocenters. The lowest BCUT2D eigenvalue weighted by molar-refractivity contribution is -0.142. The molecule has 23 heteroatoms. The smallest absolute Gasteiger partial charge is 0.369 e. The molecule has 1 saturated heterocycles. The van der Waals surface area contributed by atoms with Gasteiger partial charge in [-0.25, -0.2) is 22.2 Å². The van der Waals surface area contributed by atoms with Gasteiger partial charge in [0.25, 0.3) is 5.92 Å². The number of carbonyl (C=O) groups excluding carboxylic acids is 2. The molecule has 2 aromatic carbocycles. The average Bonchev–Trinajstić information content (AvgIpc) is 3.45. The summed E-state index contributed by atoms with van der Waals surface area (Å²) in [5.74, 6) is -9.47. The van der Waals surface area contributed by atoms with E-state index in [1.165, 1.54) is 16.0 Å². The van der Waals surface area contributed by atoms with E-state index in [9.17, 15) is 40.0 Å². The second kappa shape index (κ2) is 14.6. The molecular formula is C40H37F7N10O4S2. The van der Waals surface area contributed by atoms with Crippen LogP contribution in [0.1, 0.15) is 66.4 Å². The van der Waals surface area contributed by atoms with Crippen molar-refractivity contribution in [1.82, 2.24) is 34.8 Å². The lowest BCUT2D eigenvalue weighted by atomic mass is 9.80. The number of fused-ring (bicyclic) bond motifs is 5. The van der Waals surface area contributed by atoms with Crippen LogP contribution in [0.2, 0.25) is 0 Å². The number of pyridine rings is 1. The number of halogens is 7. The maximum absolute atomic E-state index is 15.5. The Labute approximate surface area is 357 Å². The summed E-state index contributed by atoms with van der Waals surface area (Å²) >= 11 is 1.27. The number of thiazole rings is 1. The van der Waals surface area contributed by atoms with Crippen molar-refractivity contribution in [3.63, 3.8) is 0 Å². The van der Waals surface area contributed by atoms with Crippen LogP contribution < -0.4 is 20.7 Å². The number of benzene rings is 2. The minimum atomic E-state index is -5.08. The van der Waals surface area contributed by atoms with Gasteiger partial charge >= 0.3 is 6.18 Å². The number of primary amides is 1. The average molecular weight is 919 g/mol. The first-order chi connectivity index (χ1) is 29.5. The van der Waals surface area contributed by atoms with Crippen molar-refractivity contribution in [1.29, 1.82) is 0 Å². The number of amides is 2. The number of alkyl halides is 5. The fraction of sp³-hybridized carbons (Fsp3) is 0.400. The summed E-state index contributed by atoms with van der Waals surface area (Å²) in [5, 5.41) is 11.5. The van der Waals surface area contributed by atoms with Gasteiger partial charge in [-0.1, -0.05) is 30.4 Å². The Balaban J connectivity index is 1.19. The standard InChI is InChI=1S/C40H37F7N10O4S2/c1-38(36(48)59)7-9-56(10-8-38)37-51-35-27(62-37)16-23(21-5-4-6-22-31(21)55(2)53-34(22)54-63(3,60)61)30(50-35)26(13-18-11-19(41)14-20(42)12-18)49-28(58)17-57-33-29(32(52-57)40(45,46)47)24-15-25(24)39(33,43)44/h4-6,11-12,14,16,24-26H,7-10,13,15,17H2,1-3H3,(H2,48,59)(H,49,58)(H,53,54)/t24-,25?,26?/m0/s1. The molecule has 2 amide bonds. The van der Waals surface area contributed by atoms with Crippen LogP contribution in [0.5, 0.6) is 0 Å². The number of nitrogens with one attached hydrogen (secondary N) is 2. The fourth-order valence-corrected chi connectivity index (χ4v) is 10.4. The Hall–Kier alpha value is -5.84. The van der Waals surface area contributed by atoms with Gasteiger partial charge < -0.3 is 16.0 Å². The zero-order valence-corrected chi connectivity index (χ0v) is 35.2. The van der Waals surface area contributed by atoms with Gasteiger partial charge in [0.15, 0.2) is 22.3 Å². The van der Waals surface area contributed by atoms with Crippen molar-refractivity contribution >= 4 is 65.4 Å². The first-order valence-corrected chi connectivity index (χ1v) is 22.3. The number of aryl methyl sites for hydroxylation is 1. The first-order valence-electron chi connectivity index (χ1n) is 19.6. The Bertz CT molecular complexity index is 2970. The van der Waals surface area contributed by atoms with E-state index in [4.69, 9.17) is 15.7 Å². The lowest BCUT2D eigenvalue weighted by Crippen LogP contribution is -2.45. The Morgan fingerprint density at radius 3 is 2.38 bits per heavy atom. The molecule has 2 aliphatic carbocycles. The summed E-state index contributed by atoms with van der Waals surface area (Å²) in [7, 11) is -2.24. The number of rotatable bonds is 11. The Morgan fingerprint density at radius 1 is 1.03 bits per heavy atom. The van der Waals surface area contributed by atoms with E-state index in [-0.39, 0.29) is 35.6 Å². The fourth-order valence-electron chi connectivity index (χ4n) is 8.88. The normalized spacial score (nSPS) is 19.6. The molecule has 5 heterocycles. The van der Waals surface area contributed by atoms with Crippen molar-refractivity contribution in [2.45, 2.75) is 63.2 Å². The Kier molecular flexibility index (Phi) is 9.84. The molecule has 0 radical (unpaired) electrons. The van der Waals surface area contributed by atoms with E-state index < -0.39 is 92.4 Å². The number of sulfonamides is 1. The van der Waals surface area contributed by atoms with E-state index in [0.717, 1.165) is 18.4 Å². The van der Waals surface area contributed by atoms with Gasteiger partial charge in [-0.05, 0) is 61.4 Å². The van der Waals surface area contributed by atoms with E-state index >= 15 is 8.78 Å². The van der Waals surface area contributed by atoms with Crippen LogP contribution in [0.15, 0.2) is 42.5 Å². The highest BCUT2D eigenvalue weighted by molar-refractivity contribution is 7.92. The molecule has 4 N–H and O–H groups in total. The summed E-state index contributed by atoms with van der Waals surface area (Å²) in [4.78, 5) is 38.0. The van der Waals surface area contributed by atoms with Crippen LogP contribution >= 0.6 is 11.3 Å². The SMILES string of the molecule is Cn1nc(NS(C)(=O)=O)c2cccc(-c3cc4sc(N5CCC(C)(C(N)=O)CC5)nc4nc3C(Cc3cc(F)cc(F)c3)NC(=O)Cn3nc(C(F)(F)F)c4c3C(F)(F)C3C[C@H]43)c21. The van der Waals surface area contributed by atoms with Crippen LogP contribution in [0, 0.1) is 23.0 Å². The molecule has 1 saturated carbocycles. The van der Waals surface area contributed by atoms with E-state index in [0.29, 0.717) is 68.5 Å². The zero-order valence-electron chi connectivity index (χ0n) is 33.5. The molecule has 0 bridgehead atoms. The van der Waals surface area contributed by atoms with E-state index in [1.54, 1.807) is 38.2 Å². The lowest BCUT2D eigenvalue weighted by Gasteiger charge is -2.36. The number of nitrogens with zero attached hydrogens (tertiary/aromatic N) is 7. The molecule has 14 nitrogen and oxygen atoms in total. The zero-order chi connectivity index (χ0) is 45.1. The molecule has 4 aromatic heterocycles. The van der Waals surface area contributed by atoms with E-state index in [2.05, 4.69) is 20.2 Å². The number of piperidine rings is 1. The number of anilines is 2. The van der Waals surface area contributed by atoms with E-state index in [1.807, 2.05) is 4.90 Å². The van der Waals surface area contributed by atoms with Crippen LogP contribution in [-0.2, 0) is 51.7 Å². The van der Waals surface area contributed by atoms with Crippen LogP contribution in [0.3, 0.4) is 0 Å². The van der Waals surface area contributed by atoms with Gasteiger partial charge in [-0.3, -0.25) is 23.7 Å². The second-order valence-electron chi connectivity index (χ2n) is 16.6. The molecule has 9 rings (SSSR count). The molecule has 6 aromatic rings. The number of aromatic nitrogens is 6. The van der Waals surface area contributed by atoms with Gasteiger partial charge in [0.1, 0.15) is 23.9 Å². The topological polar surface area (TPSA) is 183 Å². The third-order valence-electron chi connectivity index (χ3n) is 12.1. The van der Waals surface area contributed by atoms with Gasteiger partial charge in [0, 0.05) is 59.6 Å². The highest BCUT2D eigenvalue weighted by Gasteiger charge is 2.68. The van der Waals surface area contributed by atoms with Crippen molar-refractivity contribution in [3.8, 4) is 11.1 Å². The predicted octanol–water partition coefficient (Wildman–Crippen LogP) is 6.51. The van der Waals surface area contributed by atoms with Crippen molar-refractivity contribution in [2.24, 2.45) is 24.1 Å². The number of hydrogen-bond acceptors (Lipinski definition) is 10. The van der Waals surface area contributed by atoms with Crippen LogP contribution in [0.25, 0.3) is 32.4 Å². The number of nitrogens with two attached hydrogens (primary N) is 1. The summed E-state index contributed by atoms with van der Waals surface area (Å²) < 4.78 is 132. The molecule has 3 aliphatic rings. The third kappa shape index (κ3) is 7.61. The molecular weight excluding hydrogens is 882 g/mol. The van der Waals surface area contributed by atoms with Gasteiger partial charge in [0.2, 0.25) is 21.8 Å². The highest BCUT2D eigenvalue weighted by Crippen LogP contribution is 2.68. The summed E-state index contributed by atoms with van der Waals surface area (Å²) in [5.41, 5.74) is 3.22. The maximum Gasteiger partial charge on any atom is 0.435 e. The molecule has 332 valence electrons. The first kappa shape index (κ1) is 42.5. The largest absolute Gasteiger partial charge is 0.435 e. The third-order valence-corrected chi connectivity index (χ3v) is 13.7. The second-order valence-corrected chi connectivity index (χ2v) is 19.4. The molecule has 0 spiro atoms. The van der Waals surface area contributed by atoms with Crippen LogP contribution in [0.4, 0.5) is 41.7 Å².